The lowest BCUT2D eigenvalue weighted by molar-refractivity contribution is -0.136. The molecule has 1 aromatic rings. The highest BCUT2D eigenvalue weighted by molar-refractivity contribution is 6.30. The molecule has 1 heterocycles. The first-order chi connectivity index (χ1) is 11.0. The van der Waals surface area contributed by atoms with Crippen molar-refractivity contribution in [1.29, 1.82) is 0 Å². The van der Waals surface area contributed by atoms with Crippen LogP contribution in [0.25, 0.3) is 0 Å². The topological polar surface area (TPSA) is 58.6 Å². The SMILES string of the molecule is CCOc1ccc(Cl)cc1CCNC(=O)[C@H]1CCCN1C(C)=O. The highest BCUT2D eigenvalue weighted by atomic mass is 35.5. The molecule has 0 bridgehead atoms. The second-order valence-electron chi connectivity index (χ2n) is 5.60. The van der Waals surface area contributed by atoms with Gasteiger partial charge in [0.1, 0.15) is 11.8 Å². The van der Waals surface area contributed by atoms with Gasteiger partial charge in [-0.1, -0.05) is 11.6 Å². The van der Waals surface area contributed by atoms with Gasteiger partial charge in [-0.15, -0.1) is 0 Å². The van der Waals surface area contributed by atoms with E-state index in [1.807, 2.05) is 19.1 Å². The monoisotopic (exact) mass is 338 g/mol. The van der Waals surface area contributed by atoms with Crippen molar-refractivity contribution in [3.8, 4) is 5.75 Å². The molecule has 2 rings (SSSR count). The van der Waals surface area contributed by atoms with Crippen LogP contribution >= 0.6 is 11.6 Å². The Kier molecular flexibility index (Phi) is 6.28. The maximum atomic E-state index is 12.3. The van der Waals surface area contributed by atoms with Crippen molar-refractivity contribution in [3.63, 3.8) is 0 Å². The van der Waals surface area contributed by atoms with Crippen LogP contribution in [0.5, 0.6) is 5.75 Å². The fourth-order valence-electron chi connectivity index (χ4n) is 2.89. The molecular weight excluding hydrogens is 316 g/mol. The highest BCUT2D eigenvalue weighted by Gasteiger charge is 2.31. The molecule has 1 fully saturated rings. The number of halogens is 1. The lowest BCUT2D eigenvalue weighted by atomic mass is 10.1. The molecule has 6 heteroatoms. The van der Waals surface area contributed by atoms with Crippen molar-refractivity contribution in [3.05, 3.63) is 28.8 Å². The average molecular weight is 339 g/mol. The molecule has 1 atom stereocenters. The Balaban J connectivity index is 1.91. The fraction of sp³-hybridized carbons (Fsp3) is 0.529. The number of carbonyl (C=O) groups excluding carboxylic acids is 2. The maximum absolute atomic E-state index is 12.3. The quantitative estimate of drug-likeness (QED) is 0.866. The molecule has 23 heavy (non-hydrogen) atoms. The number of benzene rings is 1. The number of amides is 2. The van der Waals surface area contributed by atoms with Crippen LogP contribution < -0.4 is 10.1 Å². The van der Waals surface area contributed by atoms with Crippen molar-refractivity contribution in [1.82, 2.24) is 10.2 Å². The Labute approximate surface area is 141 Å². The molecule has 0 aliphatic carbocycles. The third-order valence-electron chi connectivity index (χ3n) is 3.98. The van der Waals surface area contributed by atoms with Crippen LogP contribution in [0.2, 0.25) is 5.02 Å². The zero-order valence-electron chi connectivity index (χ0n) is 13.6. The van der Waals surface area contributed by atoms with Crippen LogP contribution in [0.1, 0.15) is 32.3 Å². The summed E-state index contributed by atoms with van der Waals surface area (Å²) in [5, 5.41) is 3.56. The van der Waals surface area contributed by atoms with Gasteiger partial charge in [-0.05, 0) is 49.9 Å². The van der Waals surface area contributed by atoms with Crippen molar-refractivity contribution >= 4 is 23.4 Å². The summed E-state index contributed by atoms with van der Waals surface area (Å²) in [6.07, 6.45) is 2.24. The standard InChI is InChI=1S/C17H23ClN2O3/c1-3-23-16-7-6-14(18)11-13(16)8-9-19-17(22)15-5-4-10-20(15)12(2)21/h6-7,11,15H,3-5,8-10H2,1-2H3,(H,19,22)/t15-/m1/s1. The molecule has 0 radical (unpaired) electrons. The smallest absolute Gasteiger partial charge is 0.242 e. The Morgan fingerprint density at radius 2 is 2.22 bits per heavy atom. The van der Waals surface area contributed by atoms with Gasteiger partial charge in [0.25, 0.3) is 0 Å². The molecule has 0 aromatic heterocycles. The summed E-state index contributed by atoms with van der Waals surface area (Å²) >= 11 is 6.03. The van der Waals surface area contributed by atoms with Crippen molar-refractivity contribution < 1.29 is 14.3 Å². The normalized spacial score (nSPS) is 17.2. The Hall–Kier alpha value is -1.75. The predicted octanol–water partition coefficient (Wildman–Crippen LogP) is 2.41. The molecule has 1 N–H and O–H groups in total. The number of rotatable bonds is 6. The number of hydrogen-bond acceptors (Lipinski definition) is 3. The summed E-state index contributed by atoms with van der Waals surface area (Å²) in [5.41, 5.74) is 0.967. The molecular formula is C17H23ClN2O3. The molecule has 0 spiro atoms. The summed E-state index contributed by atoms with van der Waals surface area (Å²) in [6, 6.07) is 5.16. The number of hydrogen-bond donors (Lipinski definition) is 1. The van der Waals surface area contributed by atoms with Gasteiger partial charge >= 0.3 is 0 Å². The number of likely N-dealkylation sites (tertiary alicyclic amines) is 1. The van der Waals surface area contributed by atoms with Gasteiger partial charge in [-0.3, -0.25) is 9.59 Å². The van der Waals surface area contributed by atoms with E-state index in [0.717, 1.165) is 24.2 Å². The van der Waals surface area contributed by atoms with Gasteiger partial charge in [-0.25, -0.2) is 0 Å². The summed E-state index contributed by atoms with van der Waals surface area (Å²) in [5.74, 6) is 0.659. The van der Waals surface area contributed by atoms with E-state index in [9.17, 15) is 9.59 Å². The Bertz CT molecular complexity index is 577. The minimum absolute atomic E-state index is 0.0453. The van der Waals surface area contributed by atoms with Crippen LogP contribution in [0.3, 0.4) is 0 Å². The van der Waals surface area contributed by atoms with Crippen molar-refractivity contribution in [2.75, 3.05) is 19.7 Å². The lowest BCUT2D eigenvalue weighted by Gasteiger charge is -2.22. The molecule has 0 unspecified atom stereocenters. The number of nitrogens with zero attached hydrogens (tertiary/aromatic N) is 1. The molecule has 1 aliphatic heterocycles. The third-order valence-corrected chi connectivity index (χ3v) is 4.21. The van der Waals surface area contributed by atoms with Crippen molar-refractivity contribution in [2.24, 2.45) is 0 Å². The lowest BCUT2D eigenvalue weighted by Crippen LogP contribution is -2.45. The fourth-order valence-corrected chi connectivity index (χ4v) is 3.09. The van der Waals surface area contributed by atoms with Gasteiger partial charge in [-0.2, -0.15) is 0 Å². The number of nitrogens with one attached hydrogen (secondary N) is 1. The van der Waals surface area contributed by atoms with E-state index in [2.05, 4.69) is 5.32 Å². The second kappa shape index (κ2) is 8.20. The van der Waals surface area contributed by atoms with Crippen LogP contribution in [0.15, 0.2) is 18.2 Å². The minimum Gasteiger partial charge on any atom is -0.494 e. The van der Waals surface area contributed by atoms with Crippen LogP contribution in [-0.4, -0.2) is 42.5 Å². The number of ether oxygens (including phenoxy) is 1. The summed E-state index contributed by atoms with van der Waals surface area (Å²) in [7, 11) is 0. The van der Waals surface area contributed by atoms with Gasteiger partial charge in [0.05, 0.1) is 6.61 Å². The molecule has 0 saturated carbocycles. The van der Waals surface area contributed by atoms with Crippen LogP contribution in [0, 0.1) is 0 Å². The molecule has 1 saturated heterocycles. The number of carbonyl (C=O) groups is 2. The van der Waals surface area contributed by atoms with Crippen LogP contribution in [-0.2, 0) is 16.0 Å². The van der Waals surface area contributed by atoms with E-state index >= 15 is 0 Å². The molecule has 2 amide bonds. The van der Waals surface area contributed by atoms with Gasteiger partial charge in [0.15, 0.2) is 0 Å². The molecule has 126 valence electrons. The summed E-state index contributed by atoms with van der Waals surface area (Å²) < 4.78 is 5.57. The first-order valence-electron chi connectivity index (χ1n) is 7.99. The van der Waals surface area contributed by atoms with Gasteiger partial charge in [0.2, 0.25) is 11.8 Å². The maximum Gasteiger partial charge on any atom is 0.242 e. The average Bonchev–Trinajstić information content (AvgIpc) is 3.00. The van der Waals surface area contributed by atoms with Crippen LogP contribution in [0.4, 0.5) is 0 Å². The third kappa shape index (κ3) is 4.61. The van der Waals surface area contributed by atoms with E-state index in [0.29, 0.717) is 31.1 Å². The first-order valence-corrected chi connectivity index (χ1v) is 8.37. The Morgan fingerprint density at radius 3 is 2.91 bits per heavy atom. The van der Waals surface area contributed by atoms with E-state index in [1.54, 1.807) is 11.0 Å². The van der Waals surface area contributed by atoms with Gasteiger partial charge in [0, 0.05) is 25.0 Å². The molecule has 1 aromatic carbocycles. The zero-order valence-corrected chi connectivity index (χ0v) is 14.4. The zero-order chi connectivity index (χ0) is 16.8. The predicted molar refractivity (Wildman–Crippen MR) is 89.7 cm³/mol. The largest absolute Gasteiger partial charge is 0.494 e. The second-order valence-corrected chi connectivity index (χ2v) is 6.03. The van der Waals surface area contributed by atoms with E-state index in [4.69, 9.17) is 16.3 Å². The highest BCUT2D eigenvalue weighted by Crippen LogP contribution is 2.23. The van der Waals surface area contributed by atoms with E-state index < -0.39 is 0 Å². The summed E-state index contributed by atoms with van der Waals surface area (Å²) in [6.45, 7) is 5.16. The van der Waals surface area contributed by atoms with E-state index in [1.165, 1.54) is 6.92 Å². The Morgan fingerprint density at radius 1 is 1.43 bits per heavy atom. The van der Waals surface area contributed by atoms with Crippen molar-refractivity contribution in [2.45, 2.75) is 39.2 Å². The molecule has 1 aliphatic rings. The van der Waals surface area contributed by atoms with E-state index in [-0.39, 0.29) is 17.9 Å². The summed E-state index contributed by atoms with van der Waals surface area (Å²) in [4.78, 5) is 25.4. The minimum atomic E-state index is -0.335. The first kappa shape index (κ1) is 17.6. The van der Waals surface area contributed by atoms with Gasteiger partial charge < -0.3 is 15.0 Å². The molecule has 5 nitrogen and oxygen atoms in total.